The van der Waals surface area contributed by atoms with Crippen LogP contribution in [0.15, 0.2) is 55.1 Å². The minimum atomic E-state index is 0.456. The van der Waals surface area contributed by atoms with Crippen LogP contribution in [0.4, 0.5) is 0 Å². The molecule has 94 valence electrons. The Morgan fingerprint density at radius 3 is 2.26 bits per heavy atom. The molecule has 0 bridgehead atoms. The van der Waals surface area contributed by atoms with Crippen molar-refractivity contribution in [1.82, 2.24) is 0 Å². The van der Waals surface area contributed by atoms with Gasteiger partial charge in [0, 0.05) is 5.92 Å². The van der Waals surface area contributed by atoms with Crippen LogP contribution in [0.1, 0.15) is 42.0 Å². The quantitative estimate of drug-likeness (QED) is 0.667. The van der Waals surface area contributed by atoms with Crippen molar-refractivity contribution < 1.29 is 0 Å². The molecule has 1 aliphatic carbocycles. The summed E-state index contributed by atoms with van der Waals surface area (Å²) in [6.07, 6.45) is 1.95. The molecule has 1 aliphatic rings. The Morgan fingerprint density at radius 1 is 0.947 bits per heavy atom. The molecule has 0 aliphatic heterocycles. The fourth-order valence-electron chi connectivity index (χ4n) is 3.20. The Labute approximate surface area is 115 Å². The zero-order chi connectivity index (χ0) is 13.4. The lowest BCUT2D eigenvalue weighted by atomic mass is 9.89. The van der Waals surface area contributed by atoms with Crippen LogP contribution in [0.2, 0.25) is 0 Å². The molecule has 0 N–H and O–H groups in total. The van der Waals surface area contributed by atoms with Crippen molar-refractivity contribution in [2.75, 3.05) is 0 Å². The van der Waals surface area contributed by atoms with Crippen LogP contribution in [0, 0.1) is 0 Å². The van der Waals surface area contributed by atoms with E-state index in [2.05, 4.69) is 69.0 Å². The van der Waals surface area contributed by atoms with Gasteiger partial charge in [-0.15, -0.1) is 0 Å². The summed E-state index contributed by atoms with van der Waals surface area (Å²) in [6.45, 7) is 8.47. The van der Waals surface area contributed by atoms with Crippen molar-refractivity contribution in [3.8, 4) is 0 Å². The first-order valence-electron chi connectivity index (χ1n) is 6.76. The van der Waals surface area contributed by atoms with Gasteiger partial charge in [0.2, 0.25) is 0 Å². The number of fused-ring (bicyclic) bond motifs is 1. The molecule has 0 fully saturated rings. The summed E-state index contributed by atoms with van der Waals surface area (Å²) < 4.78 is 0. The summed E-state index contributed by atoms with van der Waals surface area (Å²) in [5.41, 5.74) is 8.21. The topological polar surface area (TPSA) is 0 Å². The van der Waals surface area contributed by atoms with E-state index in [-0.39, 0.29) is 0 Å². The van der Waals surface area contributed by atoms with E-state index in [9.17, 15) is 0 Å². The number of rotatable bonds is 2. The van der Waals surface area contributed by atoms with Gasteiger partial charge in [-0.1, -0.05) is 68.1 Å². The number of hydrogen-bond acceptors (Lipinski definition) is 0. The van der Waals surface area contributed by atoms with E-state index in [0.29, 0.717) is 5.92 Å². The minimum absolute atomic E-state index is 0.456. The Kier molecular flexibility index (Phi) is 2.87. The Morgan fingerprint density at radius 2 is 1.58 bits per heavy atom. The summed E-state index contributed by atoms with van der Waals surface area (Å²) in [5.74, 6) is 0.456. The van der Waals surface area contributed by atoms with Gasteiger partial charge in [-0.2, -0.15) is 0 Å². The Hall–Kier alpha value is -2.08. The van der Waals surface area contributed by atoms with Gasteiger partial charge in [0.05, 0.1) is 0 Å². The van der Waals surface area contributed by atoms with E-state index in [4.69, 9.17) is 0 Å². The fraction of sp³-hybridized carbons (Fsp3) is 0.158. The molecule has 0 saturated heterocycles. The molecule has 0 amide bonds. The van der Waals surface area contributed by atoms with Gasteiger partial charge in [0.25, 0.3) is 0 Å². The minimum Gasteiger partial charge on any atom is -0.0984 e. The highest BCUT2D eigenvalue weighted by atomic mass is 14.3. The highest BCUT2D eigenvalue weighted by molar-refractivity contribution is 6.00. The number of hydrogen-bond donors (Lipinski definition) is 0. The van der Waals surface area contributed by atoms with Crippen LogP contribution in [-0.4, -0.2) is 0 Å². The molecule has 0 nitrogen and oxygen atoms in total. The van der Waals surface area contributed by atoms with E-state index in [0.717, 1.165) is 0 Å². The highest BCUT2D eigenvalue weighted by Gasteiger charge is 2.26. The Bertz CT molecular complexity index is 674. The van der Waals surface area contributed by atoms with Gasteiger partial charge in [-0.25, -0.2) is 0 Å². The second kappa shape index (κ2) is 4.55. The summed E-state index contributed by atoms with van der Waals surface area (Å²) in [5, 5.41) is 0. The average molecular weight is 246 g/mol. The highest BCUT2D eigenvalue weighted by Crippen LogP contribution is 2.47. The van der Waals surface area contributed by atoms with E-state index in [1.54, 1.807) is 0 Å². The van der Waals surface area contributed by atoms with Gasteiger partial charge in [0.15, 0.2) is 0 Å². The maximum Gasteiger partial charge on any atom is 0.00760 e. The molecule has 2 aromatic rings. The normalized spacial score (nSPS) is 17.5. The van der Waals surface area contributed by atoms with Gasteiger partial charge in [-0.05, 0) is 40.3 Å². The largest absolute Gasteiger partial charge is 0.0984 e. The predicted molar refractivity (Wildman–Crippen MR) is 83.9 cm³/mol. The van der Waals surface area contributed by atoms with Crippen molar-refractivity contribution in [2.45, 2.75) is 19.8 Å². The third-order valence-corrected chi connectivity index (χ3v) is 4.14. The van der Waals surface area contributed by atoms with E-state index in [1.807, 2.05) is 6.08 Å². The maximum absolute atomic E-state index is 3.94. The molecular weight excluding hydrogens is 228 g/mol. The lowest BCUT2D eigenvalue weighted by Gasteiger charge is -2.14. The molecular formula is C19H18. The number of allylic oxidation sites excluding steroid dienone is 2. The molecule has 3 rings (SSSR count). The molecule has 0 aromatic heterocycles. The van der Waals surface area contributed by atoms with Gasteiger partial charge >= 0.3 is 0 Å². The smallest absolute Gasteiger partial charge is 0.00760 e. The average Bonchev–Trinajstić information content (AvgIpc) is 2.71. The summed E-state index contributed by atoms with van der Waals surface area (Å²) in [7, 11) is 0. The van der Waals surface area contributed by atoms with Crippen molar-refractivity contribution in [1.29, 1.82) is 0 Å². The first-order valence-corrected chi connectivity index (χ1v) is 6.76. The van der Waals surface area contributed by atoms with Crippen molar-refractivity contribution in [3.05, 3.63) is 77.4 Å². The monoisotopic (exact) mass is 246 g/mol. The predicted octanol–water partition coefficient (Wildman–Crippen LogP) is 5.38. The van der Waals surface area contributed by atoms with Crippen LogP contribution in [0.25, 0.3) is 17.2 Å². The number of benzene rings is 2. The van der Waals surface area contributed by atoms with Crippen LogP contribution >= 0.6 is 0 Å². The van der Waals surface area contributed by atoms with Gasteiger partial charge in [-0.3, -0.25) is 0 Å². The zero-order valence-electron chi connectivity index (χ0n) is 11.5. The first kappa shape index (κ1) is 12.0. The molecule has 0 spiro atoms. The second-order valence-electron chi connectivity index (χ2n) is 5.14. The molecule has 2 aromatic carbocycles. The molecule has 0 heteroatoms. The fourth-order valence-corrected chi connectivity index (χ4v) is 3.20. The van der Waals surface area contributed by atoms with Gasteiger partial charge < -0.3 is 0 Å². The molecule has 0 heterocycles. The third-order valence-electron chi connectivity index (χ3n) is 4.14. The summed E-state index contributed by atoms with van der Waals surface area (Å²) in [6, 6.07) is 17.2. The second-order valence-corrected chi connectivity index (χ2v) is 5.14. The maximum atomic E-state index is 3.94. The Balaban J connectivity index is 2.23. The zero-order valence-corrected chi connectivity index (χ0v) is 11.5. The van der Waals surface area contributed by atoms with Crippen LogP contribution in [-0.2, 0) is 0 Å². The lowest BCUT2D eigenvalue weighted by Crippen LogP contribution is -1.95. The third kappa shape index (κ3) is 1.76. The lowest BCUT2D eigenvalue weighted by molar-refractivity contribution is 1.01. The van der Waals surface area contributed by atoms with Crippen LogP contribution < -0.4 is 0 Å². The van der Waals surface area contributed by atoms with Crippen LogP contribution in [0.3, 0.4) is 0 Å². The van der Waals surface area contributed by atoms with E-state index in [1.165, 1.54) is 33.4 Å². The summed E-state index contributed by atoms with van der Waals surface area (Å²) >= 11 is 0. The first-order chi connectivity index (χ1) is 9.24. The van der Waals surface area contributed by atoms with Crippen LogP contribution in [0.5, 0.6) is 0 Å². The summed E-state index contributed by atoms with van der Waals surface area (Å²) in [4.78, 5) is 0. The molecule has 0 radical (unpaired) electrons. The van der Waals surface area contributed by atoms with Gasteiger partial charge in [0.1, 0.15) is 0 Å². The molecule has 19 heavy (non-hydrogen) atoms. The SMILES string of the molecule is C=Cc1ccccc1C1=C(C)c2ccccc2C1C. The molecule has 1 atom stereocenters. The van der Waals surface area contributed by atoms with E-state index >= 15 is 0 Å². The van der Waals surface area contributed by atoms with E-state index < -0.39 is 0 Å². The molecule has 0 saturated carbocycles. The van der Waals surface area contributed by atoms with Crippen molar-refractivity contribution in [3.63, 3.8) is 0 Å². The standard InChI is InChI=1S/C19H18/c1-4-15-9-5-6-12-18(15)19-13(2)16-10-7-8-11-17(16)14(19)3/h4-13H,1H2,2-3H3. The van der Waals surface area contributed by atoms with Crippen molar-refractivity contribution in [2.24, 2.45) is 0 Å². The van der Waals surface area contributed by atoms with Crippen molar-refractivity contribution >= 4 is 17.2 Å². The molecule has 1 unspecified atom stereocenters.